The summed E-state index contributed by atoms with van der Waals surface area (Å²) in [5.74, 6) is 0. The number of anilines is 2. The molecular formula is C25H24N2. The number of rotatable bonds is 5. The molecule has 1 unspecified atom stereocenters. The van der Waals surface area contributed by atoms with E-state index in [-0.39, 0.29) is 5.54 Å². The van der Waals surface area contributed by atoms with Crippen molar-refractivity contribution < 1.29 is 0 Å². The van der Waals surface area contributed by atoms with Crippen LogP contribution in [0.15, 0.2) is 109 Å². The summed E-state index contributed by atoms with van der Waals surface area (Å²) < 4.78 is 0. The van der Waals surface area contributed by atoms with Crippen LogP contribution >= 0.6 is 0 Å². The Morgan fingerprint density at radius 1 is 0.741 bits per heavy atom. The quantitative estimate of drug-likeness (QED) is 0.566. The van der Waals surface area contributed by atoms with Gasteiger partial charge >= 0.3 is 0 Å². The standard InChI is InChI=1S/C25H24N2/c1-20-10-8-9-15-24(20)25(27-23-13-6-3-7-14-23)18-16-22(17-19-25)26-21-11-4-2-5-12-21/h2-18,26-27H,19H2,1H3. The largest absolute Gasteiger partial charge is 0.372 e. The van der Waals surface area contributed by atoms with Crippen molar-refractivity contribution in [3.05, 3.63) is 120 Å². The van der Waals surface area contributed by atoms with Gasteiger partial charge < -0.3 is 10.6 Å². The van der Waals surface area contributed by atoms with E-state index in [0.29, 0.717) is 0 Å². The van der Waals surface area contributed by atoms with Gasteiger partial charge in [-0.05, 0) is 54.8 Å². The first-order chi connectivity index (χ1) is 13.3. The van der Waals surface area contributed by atoms with Crippen LogP contribution in [0.5, 0.6) is 0 Å². The maximum atomic E-state index is 3.78. The molecule has 1 atom stereocenters. The number of hydrogen-bond donors (Lipinski definition) is 2. The lowest BCUT2D eigenvalue weighted by molar-refractivity contribution is 0.611. The molecule has 1 aliphatic carbocycles. The Balaban J connectivity index is 1.65. The number of hydrogen-bond acceptors (Lipinski definition) is 2. The van der Waals surface area contributed by atoms with E-state index in [4.69, 9.17) is 0 Å². The molecule has 3 aromatic carbocycles. The molecule has 0 heterocycles. The van der Waals surface area contributed by atoms with Crippen LogP contribution in [-0.4, -0.2) is 0 Å². The van der Waals surface area contributed by atoms with E-state index >= 15 is 0 Å². The molecule has 0 fully saturated rings. The zero-order chi connectivity index (χ0) is 18.5. The molecule has 3 aromatic rings. The molecule has 2 N–H and O–H groups in total. The van der Waals surface area contributed by atoms with Crippen molar-refractivity contribution in [1.82, 2.24) is 0 Å². The average molecular weight is 352 g/mol. The van der Waals surface area contributed by atoms with Crippen molar-refractivity contribution in [3.63, 3.8) is 0 Å². The lowest BCUT2D eigenvalue weighted by Gasteiger charge is -2.36. The molecule has 134 valence electrons. The first kappa shape index (κ1) is 17.2. The molecule has 0 amide bonds. The molecule has 0 spiro atoms. The van der Waals surface area contributed by atoms with Crippen molar-refractivity contribution >= 4 is 11.4 Å². The van der Waals surface area contributed by atoms with Gasteiger partial charge in [0.05, 0.1) is 5.54 Å². The summed E-state index contributed by atoms with van der Waals surface area (Å²) in [4.78, 5) is 0. The lowest BCUT2D eigenvalue weighted by atomic mass is 9.80. The molecule has 0 aromatic heterocycles. The summed E-state index contributed by atoms with van der Waals surface area (Å²) in [6.45, 7) is 2.18. The topological polar surface area (TPSA) is 24.1 Å². The smallest absolute Gasteiger partial charge is 0.0851 e. The van der Waals surface area contributed by atoms with Gasteiger partial charge in [0.1, 0.15) is 0 Å². The maximum absolute atomic E-state index is 3.78. The normalized spacial score (nSPS) is 18.6. The second-order valence-electron chi connectivity index (χ2n) is 6.97. The monoisotopic (exact) mass is 352 g/mol. The van der Waals surface area contributed by atoms with E-state index in [1.807, 2.05) is 24.3 Å². The Kier molecular flexibility index (Phi) is 4.80. The van der Waals surface area contributed by atoms with Gasteiger partial charge in [-0.1, -0.05) is 72.8 Å². The first-order valence-electron chi connectivity index (χ1n) is 9.36. The average Bonchev–Trinajstić information content (AvgIpc) is 2.71. The minimum atomic E-state index is -0.255. The van der Waals surface area contributed by atoms with Crippen molar-refractivity contribution in [3.8, 4) is 0 Å². The van der Waals surface area contributed by atoms with Crippen LogP contribution in [-0.2, 0) is 5.54 Å². The van der Waals surface area contributed by atoms with E-state index in [1.165, 1.54) is 11.1 Å². The van der Waals surface area contributed by atoms with Crippen molar-refractivity contribution in [1.29, 1.82) is 0 Å². The molecule has 4 rings (SSSR count). The predicted molar refractivity (Wildman–Crippen MR) is 115 cm³/mol. The molecule has 0 saturated carbocycles. The number of para-hydroxylation sites is 2. The van der Waals surface area contributed by atoms with Crippen molar-refractivity contribution in [2.45, 2.75) is 18.9 Å². The van der Waals surface area contributed by atoms with Gasteiger partial charge in [-0.15, -0.1) is 0 Å². The second kappa shape index (κ2) is 7.55. The van der Waals surface area contributed by atoms with Crippen LogP contribution in [0.1, 0.15) is 17.5 Å². The Morgan fingerprint density at radius 3 is 2.00 bits per heavy atom. The third-order valence-electron chi connectivity index (χ3n) is 5.02. The van der Waals surface area contributed by atoms with E-state index in [2.05, 4.69) is 96.4 Å². The molecular weight excluding hydrogens is 328 g/mol. The van der Waals surface area contributed by atoms with Crippen LogP contribution in [0.4, 0.5) is 11.4 Å². The summed E-state index contributed by atoms with van der Waals surface area (Å²) in [7, 11) is 0. The summed E-state index contributed by atoms with van der Waals surface area (Å²) in [6, 6.07) is 29.3. The van der Waals surface area contributed by atoms with E-state index < -0.39 is 0 Å². The Morgan fingerprint density at radius 2 is 1.37 bits per heavy atom. The fourth-order valence-electron chi connectivity index (χ4n) is 3.63. The summed E-state index contributed by atoms with van der Waals surface area (Å²) >= 11 is 0. The van der Waals surface area contributed by atoms with Gasteiger partial charge in [-0.25, -0.2) is 0 Å². The molecule has 0 bridgehead atoms. The van der Waals surface area contributed by atoms with Gasteiger partial charge in [0, 0.05) is 17.1 Å². The minimum Gasteiger partial charge on any atom is -0.372 e. The molecule has 0 aliphatic heterocycles. The fraction of sp³-hybridized carbons (Fsp3) is 0.120. The number of aryl methyl sites for hydroxylation is 1. The third kappa shape index (κ3) is 3.80. The van der Waals surface area contributed by atoms with Crippen LogP contribution in [0, 0.1) is 6.92 Å². The summed E-state index contributed by atoms with van der Waals surface area (Å²) in [6.07, 6.45) is 7.61. The summed E-state index contributed by atoms with van der Waals surface area (Å²) in [5, 5.41) is 7.27. The van der Waals surface area contributed by atoms with Gasteiger partial charge in [0.2, 0.25) is 0 Å². The number of nitrogens with one attached hydrogen (secondary N) is 2. The zero-order valence-electron chi connectivity index (χ0n) is 15.5. The second-order valence-corrected chi connectivity index (χ2v) is 6.97. The number of allylic oxidation sites excluding steroid dienone is 1. The van der Waals surface area contributed by atoms with Crippen LogP contribution in [0.2, 0.25) is 0 Å². The highest BCUT2D eigenvalue weighted by Crippen LogP contribution is 2.37. The van der Waals surface area contributed by atoms with Crippen molar-refractivity contribution in [2.75, 3.05) is 10.6 Å². The predicted octanol–water partition coefficient (Wildman–Crippen LogP) is 6.26. The highest BCUT2D eigenvalue weighted by Gasteiger charge is 2.31. The SMILES string of the molecule is Cc1ccccc1C1(Nc2ccccc2)C=CC(Nc2ccccc2)=CC1. The summed E-state index contributed by atoms with van der Waals surface area (Å²) in [5.41, 5.74) is 5.69. The molecule has 2 heteroatoms. The van der Waals surface area contributed by atoms with Gasteiger partial charge in [0.15, 0.2) is 0 Å². The van der Waals surface area contributed by atoms with E-state index in [1.54, 1.807) is 0 Å². The maximum Gasteiger partial charge on any atom is 0.0851 e. The Bertz CT molecular complexity index is 958. The zero-order valence-corrected chi connectivity index (χ0v) is 15.5. The Labute approximate surface area is 161 Å². The highest BCUT2D eigenvalue weighted by atomic mass is 15.0. The highest BCUT2D eigenvalue weighted by molar-refractivity contribution is 5.57. The molecule has 0 saturated heterocycles. The van der Waals surface area contributed by atoms with E-state index in [9.17, 15) is 0 Å². The van der Waals surface area contributed by atoms with Crippen molar-refractivity contribution in [2.24, 2.45) is 0 Å². The van der Waals surface area contributed by atoms with Gasteiger partial charge in [-0.3, -0.25) is 0 Å². The van der Waals surface area contributed by atoms with Crippen LogP contribution < -0.4 is 10.6 Å². The fourth-order valence-corrected chi connectivity index (χ4v) is 3.63. The molecule has 0 radical (unpaired) electrons. The molecule has 2 nitrogen and oxygen atoms in total. The van der Waals surface area contributed by atoms with E-state index in [0.717, 1.165) is 23.5 Å². The third-order valence-corrected chi connectivity index (χ3v) is 5.02. The Hall–Kier alpha value is -3.26. The minimum absolute atomic E-state index is 0.255. The number of benzene rings is 3. The van der Waals surface area contributed by atoms with Crippen LogP contribution in [0.25, 0.3) is 0 Å². The van der Waals surface area contributed by atoms with Gasteiger partial charge in [0.25, 0.3) is 0 Å². The molecule has 1 aliphatic rings. The first-order valence-corrected chi connectivity index (χ1v) is 9.36. The molecule has 27 heavy (non-hydrogen) atoms. The van der Waals surface area contributed by atoms with Gasteiger partial charge in [-0.2, -0.15) is 0 Å². The van der Waals surface area contributed by atoms with Crippen LogP contribution in [0.3, 0.4) is 0 Å². The lowest BCUT2D eigenvalue weighted by Crippen LogP contribution is -2.35.